The smallest absolute Gasteiger partial charge is 0.306 e. The second-order valence-electron chi connectivity index (χ2n) is 7.02. The van der Waals surface area contributed by atoms with Gasteiger partial charge in [0, 0.05) is 24.0 Å². The molecular formula is C20H24N4O6S. The second kappa shape index (κ2) is 8.90. The number of nitro groups is 1. The molecule has 11 heteroatoms. The number of fused-ring (bicyclic) bond motifs is 2. The number of H-pyrrole nitrogens is 1. The Morgan fingerprint density at radius 2 is 1.90 bits per heavy atom. The number of anilines is 1. The van der Waals surface area contributed by atoms with Crippen LogP contribution >= 0.6 is 0 Å². The molecule has 0 aliphatic carbocycles. The maximum Gasteiger partial charge on any atom is 0.306 e. The van der Waals surface area contributed by atoms with Crippen LogP contribution in [0.3, 0.4) is 0 Å². The summed E-state index contributed by atoms with van der Waals surface area (Å²) in [6, 6.07) is 7.66. The van der Waals surface area contributed by atoms with E-state index in [2.05, 4.69) is 15.2 Å². The topological polar surface area (TPSA) is 135 Å². The lowest BCUT2D eigenvalue weighted by atomic mass is 10.1. The first-order valence-electron chi connectivity index (χ1n) is 9.78. The first-order valence-corrected chi connectivity index (χ1v) is 11.6. The number of benzene rings is 2. The fourth-order valence-electron chi connectivity index (χ4n) is 3.48. The van der Waals surface area contributed by atoms with Gasteiger partial charge in [0.1, 0.15) is 5.52 Å². The quantitative estimate of drug-likeness (QED) is 0.221. The summed E-state index contributed by atoms with van der Waals surface area (Å²) in [7, 11) is -4.00. The number of pyridine rings is 1. The number of non-ortho nitro benzene ring substituents is 1. The van der Waals surface area contributed by atoms with Crippen LogP contribution in [0.1, 0.15) is 13.8 Å². The van der Waals surface area contributed by atoms with Crippen molar-refractivity contribution in [1.82, 2.24) is 9.88 Å². The number of nitrogens with zero attached hydrogens (tertiary/aromatic N) is 2. The number of hydrogen-bond acceptors (Lipinski definition) is 8. The molecule has 0 fully saturated rings. The number of nitro benzene ring substituents is 1. The van der Waals surface area contributed by atoms with Gasteiger partial charge in [0.05, 0.1) is 28.3 Å². The summed E-state index contributed by atoms with van der Waals surface area (Å²) in [5.41, 5.74) is -0.374. The number of aromatic nitrogens is 1. The monoisotopic (exact) mass is 448 g/mol. The molecule has 2 N–H and O–H groups in total. The molecule has 10 nitrogen and oxygen atoms in total. The van der Waals surface area contributed by atoms with Crippen LogP contribution < -0.4 is 14.9 Å². The molecule has 2 aromatic carbocycles. The van der Waals surface area contributed by atoms with Crippen LogP contribution in [0.4, 0.5) is 11.4 Å². The lowest BCUT2D eigenvalue weighted by Gasteiger charge is -2.20. The molecule has 0 aliphatic rings. The number of aromatic amines is 1. The van der Waals surface area contributed by atoms with Gasteiger partial charge in [-0.25, -0.2) is 0 Å². The molecule has 0 spiro atoms. The average molecular weight is 449 g/mol. The van der Waals surface area contributed by atoms with Crippen molar-refractivity contribution in [2.45, 2.75) is 13.8 Å². The third-order valence-electron chi connectivity index (χ3n) is 4.99. The molecule has 1 heterocycles. The Morgan fingerprint density at radius 1 is 1.23 bits per heavy atom. The van der Waals surface area contributed by atoms with Gasteiger partial charge in [-0.05, 0) is 25.2 Å². The molecule has 1 aromatic heterocycles. The molecule has 0 saturated carbocycles. The lowest BCUT2D eigenvalue weighted by molar-refractivity contribution is -0.383. The first kappa shape index (κ1) is 22.5. The molecular weight excluding hydrogens is 424 g/mol. The Balaban J connectivity index is 2.31. The molecule has 3 rings (SSSR count). The average Bonchev–Trinajstić information content (AvgIpc) is 2.71. The highest BCUT2D eigenvalue weighted by molar-refractivity contribution is 7.86. The minimum Gasteiger partial charge on any atom is -0.380 e. The van der Waals surface area contributed by atoms with Gasteiger partial charge >= 0.3 is 10.1 Å². The number of nitrogens with one attached hydrogen (secondary N) is 2. The summed E-state index contributed by atoms with van der Waals surface area (Å²) < 4.78 is 28.7. The van der Waals surface area contributed by atoms with Crippen LogP contribution in [0.25, 0.3) is 21.8 Å². The van der Waals surface area contributed by atoms with E-state index in [0.29, 0.717) is 24.0 Å². The van der Waals surface area contributed by atoms with Crippen LogP contribution in [0.15, 0.2) is 35.1 Å². The predicted octanol–water partition coefficient (Wildman–Crippen LogP) is 2.68. The van der Waals surface area contributed by atoms with E-state index in [0.717, 1.165) is 25.4 Å². The Morgan fingerprint density at radius 3 is 2.52 bits per heavy atom. The zero-order chi connectivity index (χ0) is 22.8. The minimum atomic E-state index is -4.00. The predicted molar refractivity (Wildman–Crippen MR) is 120 cm³/mol. The molecule has 0 saturated heterocycles. The van der Waals surface area contributed by atoms with Crippen LogP contribution in [-0.4, -0.2) is 55.7 Å². The van der Waals surface area contributed by atoms with E-state index in [4.69, 9.17) is 4.18 Å². The Hall–Kier alpha value is -3.18. The zero-order valence-corrected chi connectivity index (χ0v) is 18.3. The number of likely N-dealkylation sites (N-methyl/N-ethyl adjacent to an activating group) is 1. The molecule has 0 amide bonds. The van der Waals surface area contributed by atoms with Gasteiger partial charge in [0.25, 0.3) is 5.69 Å². The highest BCUT2D eigenvalue weighted by Gasteiger charge is 2.25. The van der Waals surface area contributed by atoms with Crippen molar-refractivity contribution in [2.24, 2.45) is 0 Å². The van der Waals surface area contributed by atoms with Gasteiger partial charge < -0.3 is 19.4 Å². The molecule has 0 radical (unpaired) electrons. The largest absolute Gasteiger partial charge is 0.380 e. The molecule has 166 valence electrons. The van der Waals surface area contributed by atoms with Gasteiger partial charge in [0.2, 0.25) is 0 Å². The zero-order valence-electron chi connectivity index (χ0n) is 17.5. The van der Waals surface area contributed by atoms with Crippen molar-refractivity contribution in [3.8, 4) is 5.75 Å². The molecule has 0 atom stereocenters. The van der Waals surface area contributed by atoms with Crippen molar-refractivity contribution in [2.75, 3.05) is 37.8 Å². The third kappa shape index (κ3) is 4.78. The summed E-state index contributed by atoms with van der Waals surface area (Å²) in [5.74, 6) is -0.290. The van der Waals surface area contributed by atoms with Gasteiger partial charge in [0.15, 0.2) is 11.2 Å². The molecule has 0 aliphatic heterocycles. The SMILES string of the molecule is CCN(CC)CCNc1c(OS(C)(=O)=O)cc([N+](=O)[O-])c2[nH]c3ccccc3c(=O)c12. The first-order chi connectivity index (χ1) is 14.7. The molecule has 3 aromatic rings. The molecule has 31 heavy (non-hydrogen) atoms. The fourth-order valence-corrected chi connectivity index (χ4v) is 3.94. The van der Waals surface area contributed by atoms with Crippen molar-refractivity contribution in [3.63, 3.8) is 0 Å². The number of rotatable bonds is 9. The van der Waals surface area contributed by atoms with Crippen molar-refractivity contribution in [3.05, 3.63) is 50.7 Å². The van der Waals surface area contributed by atoms with Crippen molar-refractivity contribution >= 4 is 43.3 Å². The van der Waals surface area contributed by atoms with Crippen LogP contribution in [0, 0.1) is 10.1 Å². The fraction of sp³-hybridized carbons (Fsp3) is 0.350. The highest BCUT2D eigenvalue weighted by Crippen LogP contribution is 2.38. The molecule has 0 bridgehead atoms. The lowest BCUT2D eigenvalue weighted by Crippen LogP contribution is -2.29. The van der Waals surface area contributed by atoms with E-state index in [1.165, 1.54) is 0 Å². The van der Waals surface area contributed by atoms with E-state index < -0.39 is 26.2 Å². The van der Waals surface area contributed by atoms with E-state index in [1.54, 1.807) is 24.3 Å². The summed E-state index contributed by atoms with van der Waals surface area (Å²) >= 11 is 0. The normalized spacial score (nSPS) is 11.9. The summed E-state index contributed by atoms with van der Waals surface area (Å²) in [6.07, 6.45) is 0.841. The van der Waals surface area contributed by atoms with E-state index in [-0.39, 0.29) is 22.3 Å². The highest BCUT2D eigenvalue weighted by atomic mass is 32.2. The third-order valence-corrected chi connectivity index (χ3v) is 5.47. The van der Waals surface area contributed by atoms with Gasteiger partial charge in [-0.1, -0.05) is 26.0 Å². The Kier molecular flexibility index (Phi) is 6.46. The number of para-hydroxylation sites is 1. The van der Waals surface area contributed by atoms with E-state index >= 15 is 0 Å². The Labute approximate surface area is 179 Å². The standard InChI is InChI=1S/C20H24N4O6S/c1-4-23(5-2)11-10-21-19-16(30-31(3,28)29)12-15(24(26)27)18-17(19)20(25)13-8-6-7-9-14(13)22-18/h6-9,12,21H,4-5,10-11H2,1-3H3,(H,22,25). The van der Waals surface area contributed by atoms with Crippen molar-refractivity contribution in [1.29, 1.82) is 0 Å². The maximum absolute atomic E-state index is 13.3. The van der Waals surface area contributed by atoms with Crippen LogP contribution in [0.5, 0.6) is 5.75 Å². The Bertz CT molecular complexity index is 1300. The minimum absolute atomic E-state index is 0.000102. The second-order valence-corrected chi connectivity index (χ2v) is 8.59. The molecule has 0 unspecified atom stereocenters. The van der Waals surface area contributed by atoms with E-state index in [1.807, 2.05) is 13.8 Å². The van der Waals surface area contributed by atoms with Crippen molar-refractivity contribution < 1.29 is 17.5 Å². The van der Waals surface area contributed by atoms with Crippen LogP contribution in [-0.2, 0) is 10.1 Å². The summed E-state index contributed by atoms with van der Waals surface area (Å²) in [6.45, 7) is 6.66. The number of hydrogen-bond donors (Lipinski definition) is 2. The van der Waals surface area contributed by atoms with Crippen LogP contribution in [0.2, 0.25) is 0 Å². The maximum atomic E-state index is 13.3. The van der Waals surface area contributed by atoms with Gasteiger partial charge in [-0.3, -0.25) is 14.9 Å². The summed E-state index contributed by atoms with van der Waals surface area (Å²) in [4.78, 5) is 29.4. The summed E-state index contributed by atoms with van der Waals surface area (Å²) in [5, 5.41) is 15.1. The van der Waals surface area contributed by atoms with E-state index in [9.17, 15) is 23.3 Å². The van der Waals surface area contributed by atoms with Gasteiger partial charge in [-0.2, -0.15) is 8.42 Å². The van der Waals surface area contributed by atoms with Gasteiger partial charge in [-0.15, -0.1) is 0 Å².